The minimum absolute atomic E-state index is 0.482. The summed E-state index contributed by atoms with van der Waals surface area (Å²) in [5, 5.41) is 12.4. The van der Waals surface area contributed by atoms with Crippen molar-refractivity contribution in [1.29, 1.82) is 0 Å². The van der Waals surface area contributed by atoms with Crippen molar-refractivity contribution >= 4 is 5.82 Å². The van der Waals surface area contributed by atoms with Crippen LogP contribution in [0.2, 0.25) is 0 Å². The molecule has 2 saturated carbocycles. The first-order valence-corrected chi connectivity index (χ1v) is 9.27. The first-order valence-electron chi connectivity index (χ1n) is 9.27. The number of piperidine rings is 1. The lowest BCUT2D eigenvalue weighted by molar-refractivity contribution is -0.178. The van der Waals surface area contributed by atoms with Crippen molar-refractivity contribution in [1.82, 2.24) is 15.5 Å². The van der Waals surface area contributed by atoms with Gasteiger partial charge in [0.05, 0.1) is 6.10 Å². The molecule has 2 aliphatic heterocycles. The van der Waals surface area contributed by atoms with Crippen LogP contribution in [0.3, 0.4) is 0 Å². The van der Waals surface area contributed by atoms with Gasteiger partial charge in [0.1, 0.15) is 0 Å². The maximum absolute atomic E-state index is 6.05. The number of ether oxygens (including phenoxy) is 1. The zero-order chi connectivity index (χ0) is 15.3. The van der Waals surface area contributed by atoms with Crippen molar-refractivity contribution in [2.75, 3.05) is 24.6 Å². The molecule has 3 heterocycles. The third-order valence-electron chi connectivity index (χ3n) is 6.75. The number of fused-ring (bicyclic) bond motifs is 2. The van der Waals surface area contributed by atoms with E-state index in [9.17, 15) is 0 Å². The molecular formula is C18H26N4O. The molecule has 1 aromatic heterocycles. The van der Waals surface area contributed by atoms with Gasteiger partial charge in [0.15, 0.2) is 5.82 Å². The summed E-state index contributed by atoms with van der Waals surface area (Å²) in [5.41, 5.74) is 0.482. The van der Waals surface area contributed by atoms with Crippen LogP contribution in [0, 0.1) is 11.3 Å². The predicted octanol–water partition coefficient (Wildman–Crippen LogP) is 1.99. The van der Waals surface area contributed by atoms with Crippen molar-refractivity contribution in [3.63, 3.8) is 0 Å². The Morgan fingerprint density at radius 3 is 3.00 bits per heavy atom. The van der Waals surface area contributed by atoms with Gasteiger partial charge >= 0.3 is 0 Å². The molecule has 2 saturated heterocycles. The van der Waals surface area contributed by atoms with Gasteiger partial charge in [0, 0.05) is 49.3 Å². The van der Waals surface area contributed by atoms with E-state index >= 15 is 0 Å². The van der Waals surface area contributed by atoms with Gasteiger partial charge in [0.2, 0.25) is 0 Å². The number of rotatable bonds is 3. The zero-order valence-corrected chi connectivity index (χ0v) is 13.7. The normalized spacial score (nSPS) is 38.0. The molecule has 4 aliphatic rings. The molecule has 0 bridgehead atoms. The fraction of sp³-hybridized carbons (Fsp3) is 0.778. The maximum atomic E-state index is 6.05. The van der Waals surface area contributed by atoms with Crippen molar-refractivity contribution in [3.8, 4) is 0 Å². The number of nitrogens with one attached hydrogen (secondary N) is 1. The molecule has 2 aliphatic carbocycles. The van der Waals surface area contributed by atoms with Crippen molar-refractivity contribution in [2.24, 2.45) is 11.3 Å². The van der Waals surface area contributed by atoms with E-state index in [1.165, 1.54) is 38.5 Å². The van der Waals surface area contributed by atoms with Gasteiger partial charge in [-0.1, -0.05) is 6.42 Å². The Morgan fingerprint density at radius 1 is 1.26 bits per heavy atom. The van der Waals surface area contributed by atoms with E-state index < -0.39 is 0 Å². The van der Waals surface area contributed by atoms with Crippen LogP contribution in [0.25, 0.3) is 0 Å². The largest absolute Gasteiger partial charge is 0.377 e. The molecule has 5 heteroatoms. The lowest BCUT2D eigenvalue weighted by atomic mass is 9.46. The molecule has 1 N–H and O–H groups in total. The Hall–Kier alpha value is -1.20. The predicted molar refractivity (Wildman–Crippen MR) is 88.3 cm³/mol. The smallest absolute Gasteiger partial charge is 0.151 e. The van der Waals surface area contributed by atoms with Crippen LogP contribution >= 0.6 is 0 Å². The maximum Gasteiger partial charge on any atom is 0.151 e. The highest BCUT2D eigenvalue weighted by molar-refractivity contribution is 5.37. The first kappa shape index (κ1) is 14.2. The molecule has 5 rings (SSSR count). The molecule has 0 amide bonds. The first-order chi connectivity index (χ1) is 11.4. The van der Waals surface area contributed by atoms with E-state index in [-0.39, 0.29) is 0 Å². The molecule has 4 unspecified atom stereocenters. The number of hydrogen-bond acceptors (Lipinski definition) is 5. The van der Waals surface area contributed by atoms with E-state index in [2.05, 4.69) is 26.5 Å². The SMILES string of the molecule is c1cnnc(N2CCCC(NC3C4CCOC4C34CCC4)C2)c1. The summed E-state index contributed by atoms with van der Waals surface area (Å²) in [4.78, 5) is 2.39. The van der Waals surface area contributed by atoms with Crippen LogP contribution in [0.4, 0.5) is 5.82 Å². The second-order valence-electron chi connectivity index (χ2n) is 7.84. The lowest BCUT2D eigenvalue weighted by Gasteiger charge is -2.64. The second-order valence-corrected chi connectivity index (χ2v) is 7.84. The number of anilines is 1. The molecule has 4 fully saturated rings. The van der Waals surface area contributed by atoms with Gasteiger partial charge in [-0.05, 0) is 44.2 Å². The van der Waals surface area contributed by atoms with Crippen LogP contribution in [0.1, 0.15) is 38.5 Å². The molecule has 1 aromatic rings. The van der Waals surface area contributed by atoms with E-state index in [1.807, 2.05) is 6.07 Å². The minimum Gasteiger partial charge on any atom is -0.377 e. The summed E-state index contributed by atoms with van der Waals surface area (Å²) in [6, 6.07) is 5.33. The summed E-state index contributed by atoms with van der Waals surface area (Å²) in [6.45, 7) is 3.14. The van der Waals surface area contributed by atoms with Gasteiger partial charge in [-0.15, -0.1) is 5.10 Å². The van der Waals surface area contributed by atoms with E-state index in [4.69, 9.17) is 4.74 Å². The standard InChI is InChI=1S/C18H26N4O/c1-5-15(21-19-9-1)22-10-2-4-13(12-22)20-16-14-6-11-23-17(14)18(16)7-3-8-18/h1,5,9,13-14,16-17,20H,2-4,6-8,10-12H2. The lowest BCUT2D eigenvalue weighted by Crippen LogP contribution is -2.73. The average molecular weight is 314 g/mol. The quantitative estimate of drug-likeness (QED) is 0.925. The van der Waals surface area contributed by atoms with Gasteiger partial charge in [0.25, 0.3) is 0 Å². The second kappa shape index (κ2) is 5.42. The minimum atomic E-state index is 0.482. The molecule has 124 valence electrons. The van der Waals surface area contributed by atoms with Crippen molar-refractivity contribution in [3.05, 3.63) is 18.3 Å². The highest BCUT2D eigenvalue weighted by Crippen LogP contribution is 2.62. The van der Waals surface area contributed by atoms with Crippen molar-refractivity contribution < 1.29 is 4.74 Å². The summed E-state index contributed by atoms with van der Waals surface area (Å²) in [6.07, 6.45) is 10.2. The molecule has 23 heavy (non-hydrogen) atoms. The fourth-order valence-electron chi connectivity index (χ4n) is 5.53. The number of aromatic nitrogens is 2. The zero-order valence-electron chi connectivity index (χ0n) is 13.7. The third kappa shape index (κ3) is 2.13. The summed E-state index contributed by atoms with van der Waals surface area (Å²) in [7, 11) is 0. The molecular weight excluding hydrogens is 288 g/mol. The molecule has 1 spiro atoms. The molecule has 5 nitrogen and oxygen atoms in total. The summed E-state index contributed by atoms with van der Waals surface area (Å²) in [5.74, 6) is 1.79. The Labute approximate surface area is 137 Å². The number of nitrogens with zero attached hydrogens (tertiary/aromatic N) is 3. The Bertz CT molecular complexity index is 561. The topological polar surface area (TPSA) is 50.3 Å². The van der Waals surface area contributed by atoms with Crippen LogP contribution in [-0.2, 0) is 4.74 Å². The van der Waals surface area contributed by atoms with Gasteiger partial charge < -0.3 is 15.0 Å². The Kier molecular flexibility index (Phi) is 3.34. The Balaban J connectivity index is 1.27. The van der Waals surface area contributed by atoms with Gasteiger partial charge in [-0.2, -0.15) is 5.10 Å². The highest BCUT2D eigenvalue weighted by atomic mass is 16.5. The average Bonchev–Trinajstić information content (AvgIpc) is 2.98. The highest BCUT2D eigenvalue weighted by Gasteiger charge is 2.66. The van der Waals surface area contributed by atoms with Gasteiger partial charge in [-0.25, -0.2) is 0 Å². The van der Waals surface area contributed by atoms with E-state index in [0.717, 1.165) is 31.4 Å². The molecule has 4 atom stereocenters. The van der Waals surface area contributed by atoms with Crippen LogP contribution < -0.4 is 10.2 Å². The van der Waals surface area contributed by atoms with E-state index in [1.54, 1.807) is 6.20 Å². The fourth-order valence-corrected chi connectivity index (χ4v) is 5.53. The van der Waals surface area contributed by atoms with Crippen molar-refractivity contribution in [2.45, 2.75) is 56.7 Å². The monoisotopic (exact) mass is 314 g/mol. The Morgan fingerprint density at radius 2 is 2.22 bits per heavy atom. The molecule has 0 aromatic carbocycles. The third-order valence-corrected chi connectivity index (χ3v) is 6.75. The van der Waals surface area contributed by atoms with Crippen LogP contribution in [0.5, 0.6) is 0 Å². The molecule has 0 radical (unpaired) electrons. The van der Waals surface area contributed by atoms with Gasteiger partial charge in [-0.3, -0.25) is 0 Å². The number of hydrogen-bond donors (Lipinski definition) is 1. The van der Waals surface area contributed by atoms with Crippen LogP contribution in [-0.4, -0.2) is 48.1 Å². The van der Waals surface area contributed by atoms with Crippen LogP contribution in [0.15, 0.2) is 18.3 Å². The summed E-state index contributed by atoms with van der Waals surface area (Å²) < 4.78 is 6.05. The van der Waals surface area contributed by atoms with E-state index in [0.29, 0.717) is 23.6 Å². The summed E-state index contributed by atoms with van der Waals surface area (Å²) >= 11 is 0.